The predicted molar refractivity (Wildman–Crippen MR) is 159 cm³/mol. The lowest BCUT2D eigenvalue weighted by atomic mass is 9.84. The van der Waals surface area contributed by atoms with Gasteiger partial charge in [0, 0.05) is 24.5 Å². The number of aldehydes is 1. The monoisotopic (exact) mass is 583 g/mol. The molecule has 0 aromatic heterocycles. The van der Waals surface area contributed by atoms with Gasteiger partial charge in [-0.1, -0.05) is 93.1 Å². The summed E-state index contributed by atoms with van der Waals surface area (Å²) in [7, 11) is 1.75. The van der Waals surface area contributed by atoms with Crippen LogP contribution in [0.15, 0.2) is 54.6 Å². The Morgan fingerprint density at radius 3 is 2.41 bits per heavy atom. The second-order valence-electron chi connectivity index (χ2n) is 11.0. The second-order valence-corrected chi connectivity index (χ2v) is 11.5. The number of hydrogen-bond acceptors (Lipinski definition) is 5. The van der Waals surface area contributed by atoms with E-state index in [9.17, 15) is 19.2 Å². The van der Waals surface area contributed by atoms with Crippen LogP contribution in [0.4, 0.5) is 4.79 Å². The van der Waals surface area contributed by atoms with Crippen LogP contribution in [0.25, 0.3) is 0 Å². The molecule has 9 heteroatoms. The Morgan fingerprint density at radius 2 is 1.73 bits per heavy atom. The summed E-state index contributed by atoms with van der Waals surface area (Å²) in [5.41, 5.74) is 1.87. The smallest absolute Gasteiger partial charge is 0.408 e. The Bertz CT molecular complexity index is 1140. The van der Waals surface area contributed by atoms with Crippen LogP contribution in [-0.2, 0) is 32.1 Å². The van der Waals surface area contributed by atoms with Crippen molar-refractivity contribution in [3.8, 4) is 0 Å². The third-order valence-electron chi connectivity index (χ3n) is 7.64. The van der Waals surface area contributed by atoms with Crippen molar-refractivity contribution in [1.82, 2.24) is 15.5 Å². The molecule has 8 nitrogen and oxygen atoms in total. The molecular formula is C32H42ClN3O5. The number of likely N-dealkylation sites (N-methyl/N-ethyl adjacent to an activating group) is 1. The third kappa shape index (κ3) is 11.2. The normalized spacial score (nSPS) is 15.7. The zero-order valence-corrected chi connectivity index (χ0v) is 24.8. The molecule has 0 heterocycles. The first kappa shape index (κ1) is 32.1. The van der Waals surface area contributed by atoms with Crippen LogP contribution in [0.1, 0.15) is 63.0 Å². The third-order valence-corrected chi connectivity index (χ3v) is 7.87. The average Bonchev–Trinajstić information content (AvgIpc) is 2.98. The minimum absolute atomic E-state index is 0.0124. The fourth-order valence-electron chi connectivity index (χ4n) is 5.29. The second kappa shape index (κ2) is 16.8. The summed E-state index contributed by atoms with van der Waals surface area (Å²) in [5.74, 6) is -0.729. The van der Waals surface area contributed by atoms with E-state index in [0.29, 0.717) is 30.2 Å². The van der Waals surface area contributed by atoms with Crippen molar-refractivity contribution in [2.24, 2.45) is 11.8 Å². The molecule has 2 N–H and O–H groups in total. The van der Waals surface area contributed by atoms with E-state index < -0.39 is 30.0 Å². The summed E-state index contributed by atoms with van der Waals surface area (Å²) >= 11 is 6.01. The topological polar surface area (TPSA) is 105 Å². The molecule has 2 aromatic carbocycles. The van der Waals surface area contributed by atoms with Crippen molar-refractivity contribution in [1.29, 1.82) is 0 Å². The zero-order valence-electron chi connectivity index (χ0n) is 24.0. The highest BCUT2D eigenvalue weighted by Crippen LogP contribution is 2.27. The molecule has 1 saturated carbocycles. The number of carbonyl (C=O) groups excluding carboxylic acids is 4. The van der Waals surface area contributed by atoms with E-state index in [1.807, 2.05) is 30.3 Å². The number of halogens is 1. The van der Waals surface area contributed by atoms with Gasteiger partial charge in [0.1, 0.15) is 18.9 Å². The van der Waals surface area contributed by atoms with Gasteiger partial charge in [-0.15, -0.1) is 0 Å². The van der Waals surface area contributed by atoms with Gasteiger partial charge in [0.15, 0.2) is 0 Å². The standard InChI is InChI=1S/C32H42ClN3O5/c1-23(31(39)36(2)17-16-24-10-5-3-6-11-24)18-28(21-37)34-30(38)29(20-25-12-7-4-8-13-25)35-32(40)41-22-26-14-9-15-27(33)19-26/h3,5-6,9-11,14-15,19,21,23,25,28-29H,4,7-8,12-13,16-18,20,22H2,1-2H3,(H,34,38)(H,35,40)/t23?,28-,29-/m0/s1. The number of ether oxygens (including phenoxy) is 1. The van der Waals surface area contributed by atoms with E-state index in [0.717, 1.165) is 43.2 Å². The molecular weight excluding hydrogens is 542 g/mol. The van der Waals surface area contributed by atoms with E-state index >= 15 is 0 Å². The molecule has 0 radical (unpaired) electrons. The largest absolute Gasteiger partial charge is 0.445 e. The van der Waals surface area contributed by atoms with Crippen molar-refractivity contribution < 1.29 is 23.9 Å². The van der Waals surface area contributed by atoms with E-state index in [1.54, 1.807) is 43.1 Å². The van der Waals surface area contributed by atoms with Crippen molar-refractivity contribution in [2.75, 3.05) is 13.6 Å². The SMILES string of the molecule is CC(C[C@@H](C=O)NC(=O)[C@H](CC1CCCCC1)NC(=O)OCc1cccc(Cl)c1)C(=O)N(C)CCc1ccccc1. The van der Waals surface area contributed by atoms with Gasteiger partial charge < -0.3 is 25.1 Å². The summed E-state index contributed by atoms with van der Waals surface area (Å²) < 4.78 is 5.35. The molecule has 3 rings (SSSR count). The number of benzene rings is 2. The number of carbonyl (C=O) groups is 4. The van der Waals surface area contributed by atoms with Crippen molar-refractivity contribution in [2.45, 2.75) is 77.0 Å². The quantitative estimate of drug-likeness (QED) is 0.293. The molecule has 222 valence electrons. The maximum absolute atomic E-state index is 13.3. The Balaban J connectivity index is 1.55. The fourth-order valence-corrected chi connectivity index (χ4v) is 5.50. The van der Waals surface area contributed by atoms with Crippen LogP contribution in [0.5, 0.6) is 0 Å². The predicted octanol–water partition coefficient (Wildman–Crippen LogP) is 5.32. The maximum Gasteiger partial charge on any atom is 0.408 e. The molecule has 0 aliphatic heterocycles. The average molecular weight is 584 g/mol. The summed E-state index contributed by atoms with van der Waals surface area (Å²) in [6.07, 6.45) is 6.61. The van der Waals surface area contributed by atoms with E-state index in [2.05, 4.69) is 10.6 Å². The first-order valence-corrected chi connectivity index (χ1v) is 14.8. The molecule has 3 atom stereocenters. The van der Waals surface area contributed by atoms with Crippen molar-refractivity contribution >= 4 is 35.8 Å². The lowest BCUT2D eigenvalue weighted by molar-refractivity contribution is -0.134. The molecule has 1 aliphatic carbocycles. The first-order valence-electron chi connectivity index (χ1n) is 14.5. The van der Waals surface area contributed by atoms with E-state index in [4.69, 9.17) is 16.3 Å². The van der Waals surface area contributed by atoms with E-state index in [-0.39, 0.29) is 18.9 Å². The number of nitrogens with zero attached hydrogens (tertiary/aromatic N) is 1. The Labute approximate surface area is 248 Å². The maximum atomic E-state index is 13.3. The van der Waals surface area contributed by atoms with Gasteiger partial charge in [-0.05, 0) is 48.4 Å². The molecule has 0 saturated heterocycles. The molecule has 1 fully saturated rings. The van der Waals surface area contributed by atoms with Crippen LogP contribution in [0, 0.1) is 11.8 Å². The molecule has 1 aliphatic rings. The molecule has 2 aromatic rings. The Kier molecular flexibility index (Phi) is 13.1. The van der Waals surface area contributed by atoms with Gasteiger partial charge in [0.05, 0.1) is 6.04 Å². The van der Waals surface area contributed by atoms with Gasteiger partial charge >= 0.3 is 6.09 Å². The lowest BCUT2D eigenvalue weighted by Gasteiger charge is -2.28. The highest BCUT2D eigenvalue weighted by atomic mass is 35.5. The van der Waals surface area contributed by atoms with Crippen molar-refractivity contribution in [3.05, 3.63) is 70.7 Å². The minimum atomic E-state index is -0.859. The molecule has 3 amide bonds. The van der Waals surface area contributed by atoms with Gasteiger partial charge in [-0.2, -0.15) is 0 Å². The van der Waals surface area contributed by atoms with Gasteiger partial charge in [0.25, 0.3) is 0 Å². The van der Waals surface area contributed by atoms with Crippen molar-refractivity contribution in [3.63, 3.8) is 0 Å². The molecule has 0 bridgehead atoms. The van der Waals surface area contributed by atoms with Gasteiger partial charge in [-0.3, -0.25) is 9.59 Å². The Hall–Kier alpha value is -3.39. The molecule has 1 unspecified atom stereocenters. The summed E-state index contributed by atoms with van der Waals surface area (Å²) in [6, 6.07) is 15.2. The fraction of sp³-hybridized carbons (Fsp3) is 0.500. The van der Waals surface area contributed by atoms with Crippen LogP contribution in [0.3, 0.4) is 0 Å². The van der Waals surface area contributed by atoms with Gasteiger partial charge in [-0.25, -0.2) is 4.79 Å². The number of nitrogens with one attached hydrogen (secondary N) is 2. The number of hydrogen-bond donors (Lipinski definition) is 2. The van der Waals surface area contributed by atoms with Crippen LogP contribution in [-0.4, -0.2) is 54.8 Å². The van der Waals surface area contributed by atoms with Crippen LogP contribution >= 0.6 is 11.6 Å². The Morgan fingerprint density at radius 1 is 1.02 bits per heavy atom. The van der Waals surface area contributed by atoms with E-state index in [1.165, 1.54) is 6.42 Å². The minimum Gasteiger partial charge on any atom is -0.445 e. The lowest BCUT2D eigenvalue weighted by Crippen LogP contribution is -2.51. The van der Waals surface area contributed by atoms with Crippen LogP contribution in [0.2, 0.25) is 5.02 Å². The summed E-state index contributed by atoms with van der Waals surface area (Å²) in [6.45, 7) is 2.32. The number of alkyl carbamates (subject to hydrolysis) is 1. The first-order chi connectivity index (χ1) is 19.7. The molecule has 41 heavy (non-hydrogen) atoms. The number of rotatable bonds is 14. The highest BCUT2D eigenvalue weighted by molar-refractivity contribution is 6.30. The molecule has 0 spiro atoms. The van der Waals surface area contributed by atoms with Crippen LogP contribution < -0.4 is 10.6 Å². The summed E-state index contributed by atoms with van der Waals surface area (Å²) in [4.78, 5) is 52.6. The zero-order chi connectivity index (χ0) is 29.6. The number of amides is 3. The highest BCUT2D eigenvalue weighted by Gasteiger charge is 2.29. The van der Waals surface area contributed by atoms with Gasteiger partial charge in [0.2, 0.25) is 11.8 Å². The summed E-state index contributed by atoms with van der Waals surface area (Å²) in [5, 5.41) is 6.01.